The van der Waals surface area contributed by atoms with Gasteiger partial charge >= 0.3 is 0 Å². The van der Waals surface area contributed by atoms with Gasteiger partial charge in [0.2, 0.25) is 0 Å². The third-order valence-electron chi connectivity index (χ3n) is 5.32. The molecule has 5 nitrogen and oxygen atoms in total. The van der Waals surface area contributed by atoms with Crippen LogP contribution in [0.5, 0.6) is 5.75 Å². The first-order valence-corrected chi connectivity index (χ1v) is 9.94. The van der Waals surface area contributed by atoms with Crippen molar-refractivity contribution in [2.24, 2.45) is 0 Å². The predicted octanol–water partition coefficient (Wildman–Crippen LogP) is 4.41. The van der Waals surface area contributed by atoms with Crippen molar-refractivity contribution in [3.63, 3.8) is 0 Å². The highest BCUT2D eigenvalue weighted by Gasteiger charge is 2.20. The summed E-state index contributed by atoms with van der Waals surface area (Å²) in [6, 6.07) is 21.5. The smallest absolute Gasteiger partial charge is 0.255 e. The van der Waals surface area contributed by atoms with Crippen molar-refractivity contribution < 1.29 is 13.9 Å². The monoisotopic (exact) mass is 405 g/mol. The number of carbonyl (C=O) groups excluding carboxylic acids is 1. The Bertz CT molecular complexity index is 998. The van der Waals surface area contributed by atoms with E-state index in [9.17, 15) is 9.18 Å². The zero-order valence-electron chi connectivity index (χ0n) is 16.8. The lowest BCUT2D eigenvalue weighted by Gasteiger charge is -2.38. The van der Waals surface area contributed by atoms with E-state index in [0.29, 0.717) is 11.3 Å². The molecule has 0 radical (unpaired) electrons. The van der Waals surface area contributed by atoms with Gasteiger partial charge in [0.05, 0.1) is 18.5 Å². The number of benzene rings is 3. The number of carbonyl (C=O) groups is 1. The molecule has 3 aromatic rings. The van der Waals surface area contributed by atoms with Gasteiger partial charge < -0.3 is 19.9 Å². The number of para-hydroxylation sites is 2. The molecule has 0 aliphatic carbocycles. The predicted molar refractivity (Wildman–Crippen MR) is 118 cm³/mol. The quantitative estimate of drug-likeness (QED) is 0.683. The SMILES string of the molecule is COc1ccc(C(=O)Nc2ccccc2N2CCN(c3ccc(F)cc3)CC2)cc1. The number of piperazine rings is 1. The summed E-state index contributed by atoms with van der Waals surface area (Å²) in [5.74, 6) is 0.333. The molecule has 1 aliphatic rings. The van der Waals surface area contributed by atoms with Gasteiger partial charge in [-0.2, -0.15) is 0 Å². The number of anilines is 3. The van der Waals surface area contributed by atoms with Crippen LogP contribution >= 0.6 is 0 Å². The number of hydrogen-bond acceptors (Lipinski definition) is 4. The molecule has 1 heterocycles. The van der Waals surface area contributed by atoms with Gasteiger partial charge in [0, 0.05) is 37.4 Å². The number of amides is 1. The first-order chi connectivity index (χ1) is 14.6. The Kier molecular flexibility index (Phi) is 5.84. The second-order valence-corrected chi connectivity index (χ2v) is 7.15. The van der Waals surface area contributed by atoms with Crippen LogP contribution < -0.4 is 19.9 Å². The van der Waals surface area contributed by atoms with Gasteiger partial charge in [0.25, 0.3) is 5.91 Å². The van der Waals surface area contributed by atoms with E-state index in [-0.39, 0.29) is 11.7 Å². The van der Waals surface area contributed by atoms with E-state index in [1.54, 1.807) is 31.4 Å². The van der Waals surface area contributed by atoms with E-state index in [1.165, 1.54) is 12.1 Å². The van der Waals surface area contributed by atoms with Crippen LogP contribution in [0.2, 0.25) is 0 Å². The Morgan fingerprint density at radius 2 is 1.50 bits per heavy atom. The van der Waals surface area contributed by atoms with Crippen LogP contribution in [0, 0.1) is 5.82 Å². The highest BCUT2D eigenvalue weighted by molar-refractivity contribution is 6.06. The summed E-state index contributed by atoms with van der Waals surface area (Å²) < 4.78 is 18.3. The molecule has 1 amide bonds. The van der Waals surface area contributed by atoms with E-state index < -0.39 is 0 Å². The summed E-state index contributed by atoms with van der Waals surface area (Å²) in [5, 5.41) is 3.03. The number of rotatable bonds is 5. The summed E-state index contributed by atoms with van der Waals surface area (Å²) in [5.41, 5.74) is 3.38. The van der Waals surface area contributed by atoms with E-state index in [2.05, 4.69) is 15.1 Å². The third-order valence-corrected chi connectivity index (χ3v) is 5.32. The lowest BCUT2D eigenvalue weighted by molar-refractivity contribution is 0.102. The molecule has 1 saturated heterocycles. The van der Waals surface area contributed by atoms with Crippen molar-refractivity contribution in [2.75, 3.05) is 48.4 Å². The summed E-state index contributed by atoms with van der Waals surface area (Å²) in [4.78, 5) is 17.2. The summed E-state index contributed by atoms with van der Waals surface area (Å²) in [6.45, 7) is 3.28. The molecule has 1 N–H and O–H groups in total. The van der Waals surface area contributed by atoms with Gasteiger partial charge in [-0.05, 0) is 60.7 Å². The van der Waals surface area contributed by atoms with Crippen molar-refractivity contribution >= 4 is 23.0 Å². The molecular weight excluding hydrogens is 381 g/mol. The summed E-state index contributed by atoms with van der Waals surface area (Å²) in [6.07, 6.45) is 0. The second-order valence-electron chi connectivity index (χ2n) is 7.15. The van der Waals surface area contributed by atoms with Crippen molar-refractivity contribution in [3.8, 4) is 5.75 Å². The average Bonchev–Trinajstić information content (AvgIpc) is 2.80. The van der Waals surface area contributed by atoms with Gasteiger partial charge in [-0.1, -0.05) is 12.1 Å². The molecule has 30 heavy (non-hydrogen) atoms. The van der Waals surface area contributed by atoms with Crippen molar-refractivity contribution in [1.29, 1.82) is 0 Å². The highest BCUT2D eigenvalue weighted by Crippen LogP contribution is 2.28. The summed E-state index contributed by atoms with van der Waals surface area (Å²) >= 11 is 0. The van der Waals surface area contributed by atoms with Crippen LogP contribution in [0.3, 0.4) is 0 Å². The van der Waals surface area contributed by atoms with Crippen molar-refractivity contribution in [3.05, 3.63) is 84.2 Å². The number of ether oxygens (including phenoxy) is 1. The number of hydrogen-bond donors (Lipinski definition) is 1. The maximum Gasteiger partial charge on any atom is 0.255 e. The Morgan fingerprint density at radius 1 is 0.867 bits per heavy atom. The number of nitrogens with one attached hydrogen (secondary N) is 1. The fourth-order valence-corrected chi connectivity index (χ4v) is 3.65. The fourth-order valence-electron chi connectivity index (χ4n) is 3.65. The summed E-state index contributed by atoms with van der Waals surface area (Å²) in [7, 11) is 1.60. The molecule has 154 valence electrons. The molecule has 0 saturated carbocycles. The van der Waals surface area contributed by atoms with Gasteiger partial charge in [-0.25, -0.2) is 4.39 Å². The molecule has 1 aliphatic heterocycles. The van der Waals surface area contributed by atoms with E-state index >= 15 is 0 Å². The number of nitrogens with zero attached hydrogens (tertiary/aromatic N) is 2. The van der Waals surface area contributed by atoms with E-state index in [0.717, 1.165) is 43.2 Å². The first kappa shape index (κ1) is 19.8. The Hall–Kier alpha value is -3.54. The van der Waals surface area contributed by atoms with Crippen LogP contribution in [0.25, 0.3) is 0 Å². The average molecular weight is 405 g/mol. The highest BCUT2D eigenvalue weighted by atomic mass is 19.1. The molecule has 0 bridgehead atoms. The second kappa shape index (κ2) is 8.86. The minimum Gasteiger partial charge on any atom is -0.497 e. The van der Waals surface area contributed by atoms with Gasteiger partial charge in [0.1, 0.15) is 11.6 Å². The molecule has 1 fully saturated rings. The topological polar surface area (TPSA) is 44.8 Å². The van der Waals surface area contributed by atoms with Crippen LogP contribution in [-0.2, 0) is 0 Å². The minimum atomic E-state index is -0.223. The maximum atomic E-state index is 13.2. The molecule has 3 aromatic carbocycles. The fraction of sp³-hybridized carbons (Fsp3) is 0.208. The molecule has 6 heteroatoms. The molecule has 4 rings (SSSR count). The third kappa shape index (κ3) is 4.38. The first-order valence-electron chi connectivity index (χ1n) is 9.94. The van der Waals surface area contributed by atoms with Crippen molar-refractivity contribution in [2.45, 2.75) is 0 Å². The normalized spacial score (nSPS) is 13.8. The van der Waals surface area contributed by atoms with E-state index in [1.807, 2.05) is 36.4 Å². The number of halogens is 1. The van der Waals surface area contributed by atoms with Gasteiger partial charge in [0.15, 0.2) is 0 Å². The number of methoxy groups -OCH3 is 1. The molecule has 0 spiro atoms. The van der Waals surface area contributed by atoms with Crippen LogP contribution in [0.1, 0.15) is 10.4 Å². The van der Waals surface area contributed by atoms with Crippen LogP contribution in [0.15, 0.2) is 72.8 Å². The lowest BCUT2D eigenvalue weighted by atomic mass is 10.1. The van der Waals surface area contributed by atoms with Gasteiger partial charge in [-0.15, -0.1) is 0 Å². The Balaban J connectivity index is 1.44. The largest absolute Gasteiger partial charge is 0.497 e. The Labute approximate surface area is 175 Å². The van der Waals surface area contributed by atoms with Crippen LogP contribution in [0.4, 0.5) is 21.5 Å². The zero-order chi connectivity index (χ0) is 20.9. The Morgan fingerprint density at radius 3 is 2.17 bits per heavy atom. The molecule has 0 aromatic heterocycles. The zero-order valence-corrected chi connectivity index (χ0v) is 16.8. The molecule has 0 unspecified atom stereocenters. The lowest BCUT2D eigenvalue weighted by Crippen LogP contribution is -2.46. The minimum absolute atomic E-state index is 0.157. The standard InChI is InChI=1S/C24H24FN3O2/c1-30-21-12-6-18(7-13-21)24(29)26-22-4-2-3-5-23(22)28-16-14-27(15-17-28)20-10-8-19(25)9-11-20/h2-13H,14-17H2,1H3,(H,26,29). The van der Waals surface area contributed by atoms with Gasteiger partial charge in [-0.3, -0.25) is 4.79 Å². The van der Waals surface area contributed by atoms with Crippen LogP contribution in [-0.4, -0.2) is 39.2 Å². The van der Waals surface area contributed by atoms with E-state index in [4.69, 9.17) is 4.74 Å². The van der Waals surface area contributed by atoms with Crippen molar-refractivity contribution in [1.82, 2.24) is 0 Å². The molecule has 0 atom stereocenters. The maximum absolute atomic E-state index is 13.2. The molecular formula is C24H24FN3O2.